The van der Waals surface area contributed by atoms with Crippen LogP contribution < -0.4 is 11.0 Å². The average molecular weight is 122 g/mol. The van der Waals surface area contributed by atoms with Gasteiger partial charge in [-0.3, -0.25) is 15.7 Å². The highest BCUT2D eigenvalue weighted by molar-refractivity contribution is 4.43. The van der Waals surface area contributed by atoms with Crippen molar-refractivity contribution >= 4 is 0 Å². The van der Waals surface area contributed by atoms with E-state index in [0.717, 1.165) is 25.5 Å². The SMILES string of the molecule is C1COCN1.ONO. The van der Waals surface area contributed by atoms with Gasteiger partial charge in [-0.1, -0.05) is 5.64 Å². The Hall–Kier alpha value is -0.200. The monoisotopic (exact) mass is 122 g/mol. The summed E-state index contributed by atoms with van der Waals surface area (Å²) in [5.41, 5.74) is 0.750. The van der Waals surface area contributed by atoms with Crippen LogP contribution in [-0.2, 0) is 4.74 Å². The highest BCUT2D eigenvalue weighted by atomic mass is 16.7. The summed E-state index contributed by atoms with van der Waals surface area (Å²) in [6.45, 7) is 2.67. The molecule has 1 saturated heterocycles. The summed E-state index contributed by atoms with van der Waals surface area (Å²) < 4.78 is 4.83. The van der Waals surface area contributed by atoms with Crippen molar-refractivity contribution < 1.29 is 15.2 Å². The van der Waals surface area contributed by atoms with Gasteiger partial charge in [-0.2, -0.15) is 0 Å². The fourth-order valence-corrected chi connectivity index (χ4v) is 0.361. The van der Waals surface area contributed by atoms with Crippen molar-refractivity contribution in [1.29, 1.82) is 0 Å². The third-order valence-electron chi connectivity index (χ3n) is 0.627. The van der Waals surface area contributed by atoms with E-state index in [2.05, 4.69) is 5.32 Å². The Kier molecular flexibility index (Phi) is 6.63. The molecule has 0 amide bonds. The molecule has 50 valence electrons. The summed E-state index contributed by atoms with van der Waals surface area (Å²) in [6.07, 6.45) is 0. The van der Waals surface area contributed by atoms with Crippen LogP contribution in [-0.4, -0.2) is 30.3 Å². The smallest absolute Gasteiger partial charge is 0.0966 e. The minimum Gasteiger partial charge on any atom is -0.365 e. The van der Waals surface area contributed by atoms with Gasteiger partial charge >= 0.3 is 0 Å². The predicted octanol–water partition coefficient (Wildman–Crippen LogP) is -1.08. The summed E-state index contributed by atoms with van der Waals surface area (Å²) in [5, 5.41) is 16.8. The van der Waals surface area contributed by atoms with Gasteiger partial charge in [0.05, 0.1) is 13.3 Å². The van der Waals surface area contributed by atoms with Gasteiger partial charge in [0.1, 0.15) is 0 Å². The lowest BCUT2D eigenvalue weighted by atomic mass is 10.7. The highest BCUT2D eigenvalue weighted by Gasteiger charge is 1.92. The molecule has 1 rings (SSSR count). The fraction of sp³-hybridized carbons (Fsp3) is 1.00. The van der Waals surface area contributed by atoms with Gasteiger partial charge in [0.25, 0.3) is 0 Å². The Morgan fingerprint density at radius 3 is 2.25 bits per heavy atom. The fourth-order valence-electron chi connectivity index (χ4n) is 0.361. The zero-order valence-electron chi connectivity index (χ0n) is 4.42. The van der Waals surface area contributed by atoms with Crippen LogP contribution in [0.2, 0.25) is 0 Å². The molecule has 0 bridgehead atoms. The van der Waals surface area contributed by atoms with Crippen molar-refractivity contribution in [3.8, 4) is 0 Å². The summed E-state index contributed by atoms with van der Waals surface area (Å²) in [4.78, 5) is 0. The van der Waals surface area contributed by atoms with Crippen molar-refractivity contribution in [3.63, 3.8) is 0 Å². The largest absolute Gasteiger partial charge is 0.365 e. The van der Waals surface area contributed by atoms with Gasteiger partial charge in [0.15, 0.2) is 0 Å². The van der Waals surface area contributed by atoms with E-state index in [4.69, 9.17) is 15.2 Å². The van der Waals surface area contributed by atoms with Crippen LogP contribution in [0.4, 0.5) is 0 Å². The zero-order chi connectivity index (χ0) is 6.24. The molecule has 1 fully saturated rings. The van der Waals surface area contributed by atoms with Crippen molar-refractivity contribution in [1.82, 2.24) is 11.0 Å². The number of ether oxygens (including phenoxy) is 1. The molecule has 5 heteroatoms. The summed E-state index contributed by atoms with van der Waals surface area (Å²) in [5.74, 6) is 0. The number of nitrogens with one attached hydrogen (secondary N) is 2. The van der Waals surface area contributed by atoms with E-state index in [1.165, 1.54) is 0 Å². The molecule has 1 heterocycles. The number of hydrogen-bond donors (Lipinski definition) is 4. The topological polar surface area (TPSA) is 73.8 Å². The minimum atomic E-state index is 0.750. The first kappa shape index (κ1) is 7.80. The molecular weight excluding hydrogens is 112 g/mol. The van der Waals surface area contributed by atoms with Gasteiger partial charge < -0.3 is 4.74 Å². The zero-order valence-corrected chi connectivity index (χ0v) is 4.42. The van der Waals surface area contributed by atoms with Crippen molar-refractivity contribution in [2.45, 2.75) is 0 Å². The molecule has 1 aliphatic heterocycles. The van der Waals surface area contributed by atoms with Crippen LogP contribution in [0.1, 0.15) is 0 Å². The molecule has 0 saturated carbocycles. The van der Waals surface area contributed by atoms with Crippen LogP contribution in [0.5, 0.6) is 0 Å². The van der Waals surface area contributed by atoms with E-state index < -0.39 is 0 Å². The lowest BCUT2D eigenvalue weighted by Crippen LogP contribution is -2.05. The second-order valence-electron chi connectivity index (χ2n) is 1.15. The lowest BCUT2D eigenvalue weighted by Gasteiger charge is -1.76. The van der Waals surface area contributed by atoms with Gasteiger partial charge in [-0.05, 0) is 0 Å². The molecule has 8 heavy (non-hydrogen) atoms. The first-order chi connectivity index (χ1) is 3.91. The maximum absolute atomic E-state index is 6.88. The van der Waals surface area contributed by atoms with Crippen molar-refractivity contribution in [3.05, 3.63) is 0 Å². The third kappa shape index (κ3) is 5.80. The highest BCUT2D eigenvalue weighted by Crippen LogP contribution is 1.75. The average Bonchev–Trinajstić information content (AvgIpc) is 2.17. The van der Waals surface area contributed by atoms with Crippen LogP contribution >= 0.6 is 0 Å². The molecule has 0 radical (unpaired) electrons. The van der Waals surface area contributed by atoms with E-state index in [0.29, 0.717) is 0 Å². The lowest BCUT2D eigenvalue weighted by molar-refractivity contribution is -0.0678. The second kappa shape index (κ2) is 6.80. The Bertz CT molecular complexity index is 31.9. The molecule has 4 N–H and O–H groups in total. The molecule has 0 aromatic rings. The number of rotatable bonds is 0. The Balaban J connectivity index is 0.000000145. The minimum absolute atomic E-state index is 0.750. The molecule has 5 nitrogen and oxygen atoms in total. The number of hydrogen-bond acceptors (Lipinski definition) is 5. The van der Waals surface area contributed by atoms with E-state index in [9.17, 15) is 0 Å². The second-order valence-corrected chi connectivity index (χ2v) is 1.15. The van der Waals surface area contributed by atoms with Crippen LogP contribution in [0.3, 0.4) is 0 Å². The molecular formula is C3H10N2O3. The first-order valence-electron chi connectivity index (χ1n) is 2.23. The normalized spacial score (nSPS) is 17.2. The van der Waals surface area contributed by atoms with Crippen LogP contribution in [0, 0.1) is 0 Å². The summed E-state index contributed by atoms with van der Waals surface area (Å²) in [7, 11) is 0. The van der Waals surface area contributed by atoms with Gasteiger partial charge in [0.2, 0.25) is 0 Å². The molecule has 0 spiro atoms. The molecule has 0 aromatic carbocycles. The van der Waals surface area contributed by atoms with E-state index in [1.54, 1.807) is 0 Å². The quantitative estimate of drug-likeness (QED) is 0.307. The van der Waals surface area contributed by atoms with E-state index >= 15 is 0 Å². The molecule has 0 unspecified atom stereocenters. The predicted molar refractivity (Wildman–Crippen MR) is 25.5 cm³/mol. The summed E-state index contributed by atoms with van der Waals surface area (Å²) in [6, 6.07) is 0. The first-order valence-corrected chi connectivity index (χ1v) is 2.23. The molecule has 0 atom stereocenters. The maximum atomic E-state index is 6.88. The van der Waals surface area contributed by atoms with Crippen LogP contribution in [0.25, 0.3) is 0 Å². The van der Waals surface area contributed by atoms with Crippen molar-refractivity contribution in [2.75, 3.05) is 19.9 Å². The van der Waals surface area contributed by atoms with E-state index in [-0.39, 0.29) is 0 Å². The van der Waals surface area contributed by atoms with Crippen molar-refractivity contribution in [2.24, 2.45) is 0 Å². The van der Waals surface area contributed by atoms with Gasteiger partial charge in [0, 0.05) is 6.54 Å². The molecule has 0 aromatic heterocycles. The Labute approximate surface area is 47.2 Å². The third-order valence-corrected chi connectivity index (χ3v) is 0.627. The maximum Gasteiger partial charge on any atom is 0.0966 e. The molecule has 1 aliphatic rings. The Morgan fingerprint density at radius 2 is 2.12 bits per heavy atom. The standard InChI is InChI=1S/C3H7NO.H3NO2/c1-2-5-3-4-1;2-1-3/h4H,1-3H2;1-3H. The summed E-state index contributed by atoms with van der Waals surface area (Å²) >= 11 is 0. The van der Waals surface area contributed by atoms with Gasteiger partial charge in [-0.15, -0.1) is 0 Å². The van der Waals surface area contributed by atoms with Gasteiger partial charge in [-0.25, -0.2) is 0 Å². The van der Waals surface area contributed by atoms with E-state index in [1.807, 2.05) is 0 Å². The molecule has 0 aliphatic carbocycles. The van der Waals surface area contributed by atoms with Crippen LogP contribution in [0.15, 0.2) is 0 Å². The Morgan fingerprint density at radius 1 is 1.50 bits per heavy atom.